The molecule has 0 unspecified atom stereocenters. The molecule has 0 aliphatic heterocycles. The molecule has 2 rings (SSSR count). The molecule has 2 aromatic rings. The van der Waals surface area contributed by atoms with E-state index in [0.717, 1.165) is 12.0 Å². The van der Waals surface area contributed by atoms with E-state index in [1.165, 1.54) is 16.4 Å². The average Bonchev–Trinajstić information content (AvgIpc) is 3.10. The lowest BCUT2D eigenvalue weighted by Crippen LogP contribution is -2.27. The largest absolute Gasteiger partial charge is 0.469 e. The summed E-state index contributed by atoms with van der Waals surface area (Å²) in [7, 11) is 0. The first kappa shape index (κ1) is 18.3. The highest BCUT2D eigenvalue weighted by molar-refractivity contribution is 7.99. The van der Waals surface area contributed by atoms with Crippen LogP contribution in [0.1, 0.15) is 26.0 Å². The quantitative estimate of drug-likeness (QED) is 0.400. The molecule has 132 valence electrons. The molecule has 0 radical (unpaired) electrons. The number of ether oxygens (including phenoxy) is 1. The molecular formula is C15H23N5O3S. The Morgan fingerprint density at radius 3 is 2.96 bits per heavy atom. The van der Waals surface area contributed by atoms with Crippen molar-refractivity contribution in [3.05, 3.63) is 18.1 Å². The van der Waals surface area contributed by atoms with Crippen LogP contribution in [0.15, 0.2) is 21.9 Å². The Balaban J connectivity index is 1.77. The van der Waals surface area contributed by atoms with Crippen LogP contribution in [0.25, 0.3) is 11.4 Å². The minimum Gasteiger partial charge on any atom is -0.469 e. The Kier molecular flexibility index (Phi) is 6.68. The molecule has 0 fully saturated rings. The number of hydrogen-bond acceptors (Lipinski definition) is 7. The second-order valence-electron chi connectivity index (χ2n) is 5.48. The van der Waals surface area contributed by atoms with Gasteiger partial charge in [0.15, 0.2) is 5.82 Å². The van der Waals surface area contributed by atoms with Crippen molar-refractivity contribution in [3.8, 4) is 11.4 Å². The smallest absolute Gasteiger partial charge is 0.230 e. The summed E-state index contributed by atoms with van der Waals surface area (Å²) in [6.07, 6.45) is 2.56. The van der Waals surface area contributed by atoms with Gasteiger partial charge in [0, 0.05) is 13.2 Å². The molecular weight excluding hydrogens is 330 g/mol. The predicted octanol–water partition coefficient (Wildman–Crippen LogP) is 1.58. The summed E-state index contributed by atoms with van der Waals surface area (Å²) in [5.74, 6) is 7.37. The second kappa shape index (κ2) is 8.74. The van der Waals surface area contributed by atoms with Crippen molar-refractivity contribution in [2.75, 3.05) is 24.7 Å². The number of nitrogens with two attached hydrogens (primary N) is 1. The maximum atomic E-state index is 11.8. The lowest BCUT2D eigenvalue weighted by molar-refractivity contribution is -0.118. The summed E-state index contributed by atoms with van der Waals surface area (Å²) >= 11 is 1.24. The van der Waals surface area contributed by atoms with Gasteiger partial charge >= 0.3 is 0 Å². The number of rotatable bonds is 9. The first-order valence-electron chi connectivity index (χ1n) is 7.75. The van der Waals surface area contributed by atoms with E-state index >= 15 is 0 Å². The molecule has 8 nitrogen and oxygen atoms in total. The van der Waals surface area contributed by atoms with Gasteiger partial charge in [0.05, 0.1) is 23.7 Å². The molecule has 0 saturated heterocycles. The number of hydrogen-bond donors (Lipinski definition) is 2. The number of nitrogens with one attached hydrogen (secondary N) is 1. The molecule has 2 heterocycles. The minimum atomic E-state index is -0.0754. The van der Waals surface area contributed by atoms with Crippen molar-refractivity contribution in [3.63, 3.8) is 0 Å². The molecule has 0 aliphatic rings. The third-order valence-corrected chi connectivity index (χ3v) is 4.13. The van der Waals surface area contributed by atoms with Gasteiger partial charge in [0.2, 0.25) is 11.1 Å². The van der Waals surface area contributed by atoms with Crippen LogP contribution >= 0.6 is 11.8 Å². The van der Waals surface area contributed by atoms with Crippen LogP contribution in [0.2, 0.25) is 0 Å². The van der Waals surface area contributed by atoms with Gasteiger partial charge in [-0.15, -0.1) is 10.2 Å². The SMILES string of the molecule is Cc1occc1-c1nnc(SCC(=O)NCCCOC(C)C)n1N. The lowest BCUT2D eigenvalue weighted by Gasteiger charge is -2.08. The monoisotopic (exact) mass is 353 g/mol. The fourth-order valence-corrected chi connectivity index (χ4v) is 2.66. The molecule has 0 atom stereocenters. The van der Waals surface area contributed by atoms with Crippen molar-refractivity contribution >= 4 is 17.7 Å². The van der Waals surface area contributed by atoms with Crippen LogP contribution in [0, 0.1) is 6.92 Å². The highest BCUT2D eigenvalue weighted by atomic mass is 32.2. The molecule has 0 aromatic carbocycles. The summed E-state index contributed by atoms with van der Waals surface area (Å²) in [6.45, 7) is 7.01. The van der Waals surface area contributed by atoms with Crippen LogP contribution in [0.3, 0.4) is 0 Å². The molecule has 0 bridgehead atoms. The van der Waals surface area contributed by atoms with Gasteiger partial charge in [-0.1, -0.05) is 11.8 Å². The van der Waals surface area contributed by atoms with Gasteiger partial charge < -0.3 is 20.3 Å². The number of thioether (sulfide) groups is 1. The van der Waals surface area contributed by atoms with E-state index in [1.807, 2.05) is 20.8 Å². The van der Waals surface area contributed by atoms with Crippen LogP contribution in [-0.2, 0) is 9.53 Å². The van der Waals surface area contributed by atoms with Crippen LogP contribution in [-0.4, -0.2) is 45.8 Å². The number of nitrogens with zero attached hydrogens (tertiary/aromatic N) is 3. The number of amides is 1. The van der Waals surface area contributed by atoms with Crippen LogP contribution < -0.4 is 11.2 Å². The van der Waals surface area contributed by atoms with E-state index in [2.05, 4.69) is 15.5 Å². The lowest BCUT2D eigenvalue weighted by atomic mass is 10.2. The number of aryl methyl sites for hydroxylation is 1. The Morgan fingerprint density at radius 2 is 2.29 bits per heavy atom. The van der Waals surface area contributed by atoms with E-state index in [4.69, 9.17) is 15.0 Å². The normalized spacial score (nSPS) is 11.2. The van der Waals surface area contributed by atoms with E-state index in [-0.39, 0.29) is 17.8 Å². The second-order valence-corrected chi connectivity index (χ2v) is 6.42. The van der Waals surface area contributed by atoms with E-state index in [1.54, 1.807) is 12.3 Å². The van der Waals surface area contributed by atoms with E-state index in [0.29, 0.717) is 29.9 Å². The maximum Gasteiger partial charge on any atom is 0.230 e. The van der Waals surface area contributed by atoms with Crippen molar-refractivity contribution in [2.45, 2.75) is 38.5 Å². The highest BCUT2D eigenvalue weighted by Gasteiger charge is 2.16. The number of nitrogen functional groups attached to an aromatic ring is 1. The Morgan fingerprint density at radius 1 is 1.50 bits per heavy atom. The van der Waals surface area contributed by atoms with E-state index in [9.17, 15) is 4.79 Å². The molecule has 0 aliphatic carbocycles. The number of aromatic nitrogens is 3. The van der Waals surface area contributed by atoms with Crippen molar-refractivity contribution in [1.82, 2.24) is 20.2 Å². The van der Waals surface area contributed by atoms with Crippen molar-refractivity contribution < 1.29 is 13.9 Å². The number of carbonyl (C=O) groups excluding carboxylic acids is 1. The summed E-state index contributed by atoms with van der Waals surface area (Å²) in [4.78, 5) is 11.8. The van der Waals surface area contributed by atoms with Crippen LogP contribution in [0.5, 0.6) is 0 Å². The third kappa shape index (κ3) is 5.00. The van der Waals surface area contributed by atoms with Gasteiger partial charge in [0.25, 0.3) is 0 Å². The molecule has 9 heteroatoms. The maximum absolute atomic E-state index is 11.8. The molecule has 3 N–H and O–H groups in total. The van der Waals surface area contributed by atoms with Crippen molar-refractivity contribution in [2.24, 2.45) is 0 Å². The molecule has 1 amide bonds. The zero-order valence-electron chi connectivity index (χ0n) is 14.1. The molecule has 2 aromatic heterocycles. The fraction of sp³-hybridized carbons (Fsp3) is 0.533. The Hall–Kier alpha value is -2.00. The molecule has 0 spiro atoms. The predicted molar refractivity (Wildman–Crippen MR) is 92.1 cm³/mol. The summed E-state index contributed by atoms with van der Waals surface area (Å²) in [6, 6.07) is 1.78. The van der Waals surface area contributed by atoms with Gasteiger partial charge in [-0.25, -0.2) is 4.68 Å². The minimum absolute atomic E-state index is 0.0754. The fourth-order valence-electron chi connectivity index (χ4n) is 1.98. The van der Waals surface area contributed by atoms with Crippen LogP contribution in [0.4, 0.5) is 0 Å². The number of furan rings is 1. The molecule has 0 saturated carbocycles. The first-order chi connectivity index (χ1) is 11.5. The van der Waals surface area contributed by atoms with Crippen molar-refractivity contribution in [1.29, 1.82) is 0 Å². The van der Waals surface area contributed by atoms with Gasteiger partial charge in [-0.3, -0.25) is 4.79 Å². The summed E-state index contributed by atoms with van der Waals surface area (Å²) in [5.41, 5.74) is 0.784. The van der Waals surface area contributed by atoms with E-state index < -0.39 is 0 Å². The van der Waals surface area contributed by atoms with Gasteiger partial charge in [-0.05, 0) is 33.3 Å². The Labute approximate surface area is 145 Å². The average molecular weight is 353 g/mol. The molecule has 24 heavy (non-hydrogen) atoms. The Bertz CT molecular complexity index is 668. The summed E-state index contributed by atoms with van der Waals surface area (Å²) < 4.78 is 12.0. The highest BCUT2D eigenvalue weighted by Crippen LogP contribution is 2.24. The van der Waals surface area contributed by atoms with Gasteiger partial charge in [-0.2, -0.15) is 0 Å². The topological polar surface area (TPSA) is 108 Å². The zero-order valence-corrected chi connectivity index (χ0v) is 14.9. The summed E-state index contributed by atoms with van der Waals surface area (Å²) in [5, 5.41) is 11.4. The number of carbonyl (C=O) groups is 1. The van der Waals surface area contributed by atoms with Gasteiger partial charge in [0.1, 0.15) is 5.76 Å². The first-order valence-corrected chi connectivity index (χ1v) is 8.73. The standard InChI is InChI=1S/C15H23N5O3S/c1-10(2)22-7-4-6-17-13(21)9-24-15-19-18-14(20(15)16)12-5-8-23-11(12)3/h5,8,10H,4,6-7,9,16H2,1-3H3,(H,17,21). The zero-order chi connectivity index (χ0) is 17.5. The third-order valence-electron chi connectivity index (χ3n) is 3.19.